The molecule has 0 radical (unpaired) electrons. The quantitative estimate of drug-likeness (QED) is 0.398. The highest BCUT2D eigenvalue weighted by atomic mass is 16.5. The zero-order chi connectivity index (χ0) is 23.5. The second kappa shape index (κ2) is 9.73. The van der Waals surface area contributed by atoms with Crippen molar-refractivity contribution in [2.45, 2.75) is 39.4 Å². The van der Waals surface area contributed by atoms with Crippen LogP contribution in [0.1, 0.15) is 39.8 Å². The lowest BCUT2D eigenvalue weighted by Gasteiger charge is -2.27. The molecule has 0 spiro atoms. The molecule has 7 nitrogen and oxygen atoms in total. The summed E-state index contributed by atoms with van der Waals surface area (Å²) in [5, 5.41) is 5.97. The van der Waals surface area contributed by atoms with Crippen LogP contribution in [0.3, 0.4) is 0 Å². The van der Waals surface area contributed by atoms with Crippen molar-refractivity contribution in [3.05, 3.63) is 82.8 Å². The van der Waals surface area contributed by atoms with Gasteiger partial charge in [-0.25, -0.2) is 4.79 Å². The molecule has 1 aliphatic heterocycles. The molecular weight excluding hydrogens is 428 g/mol. The van der Waals surface area contributed by atoms with Gasteiger partial charge in [0.2, 0.25) is 0 Å². The molecule has 5 rings (SSSR count). The lowest BCUT2D eigenvalue weighted by molar-refractivity contribution is 0.0515. The van der Waals surface area contributed by atoms with Gasteiger partial charge in [0.25, 0.3) is 0 Å². The average Bonchev–Trinajstić information content (AvgIpc) is 3.44. The van der Waals surface area contributed by atoms with E-state index in [1.54, 1.807) is 7.11 Å². The number of fused-ring (bicyclic) bond motifs is 2. The monoisotopic (exact) mass is 458 g/mol. The number of methoxy groups -OCH3 is 1. The maximum absolute atomic E-state index is 12.7. The summed E-state index contributed by atoms with van der Waals surface area (Å²) < 4.78 is 12.6. The molecule has 0 saturated carbocycles. The third-order valence-corrected chi connectivity index (χ3v) is 6.52. The Morgan fingerprint density at radius 1 is 1.15 bits per heavy atom. The number of aryl methyl sites for hydroxylation is 2. The first kappa shape index (κ1) is 22.2. The van der Waals surface area contributed by atoms with E-state index in [0.717, 1.165) is 55.0 Å². The Bertz CT molecular complexity index is 1290. The Kier molecular flexibility index (Phi) is 6.36. The molecule has 4 aromatic rings. The van der Waals surface area contributed by atoms with Gasteiger partial charge < -0.3 is 14.5 Å². The summed E-state index contributed by atoms with van der Waals surface area (Å²) in [7, 11) is 1.67. The van der Waals surface area contributed by atoms with Gasteiger partial charge in [0.15, 0.2) is 5.69 Å². The maximum Gasteiger partial charge on any atom is 0.359 e. The van der Waals surface area contributed by atoms with Crippen LogP contribution in [0, 0.1) is 0 Å². The van der Waals surface area contributed by atoms with E-state index in [4.69, 9.17) is 14.6 Å². The van der Waals surface area contributed by atoms with Crippen LogP contribution in [0.25, 0.3) is 10.9 Å². The van der Waals surface area contributed by atoms with Crippen molar-refractivity contribution in [2.24, 2.45) is 0 Å². The van der Waals surface area contributed by atoms with Crippen LogP contribution in [0.15, 0.2) is 54.7 Å². The molecule has 0 aliphatic carbocycles. The maximum atomic E-state index is 12.7. The zero-order valence-electron chi connectivity index (χ0n) is 19.7. The summed E-state index contributed by atoms with van der Waals surface area (Å²) in [6, 6.07) is 16.5. The van der Waals surface area contributed by atoms with Gasteiger partial charge in [-0.3, -0.25) is 9.58 Å². The number of rotatable bonds is 8. The number of nitrogens with zero attached hydrogens (tertiary/aromatic N) is 3. The van der Waals surface area contributed by atoms with Crippen molar-refractivity contribution in [3.63, 3.8) is 0 Å². The summed E-state index contributed by atoms with van der Waals surface area (Å²) in [5.41, 5.74) is 6.22. The number of esters is 1. The first-order valence-corrected chi connectivity index (χ1v) is 11.8. The number of carbonyl (C=O) groups is 1. The number of carbonyl (C=O) groups excluding carboxylic acids is 1. The fourth-order valence-corrected chi connectivity index (χ4v) is 4.76. The molecule has 7 heteroatoms. The van der Waals surface area contributed by atoms with E-state index in [1.807, 2.05) is 29.8 Å². The molecule has 0 amide bonds. The third kappa shape index (κ3) is 4.43. The predicted octanol–water partition coefficient (Wildman–Crippen LogP) is 4.35. The molecule has 0 fully saturated rings. The average molecular weight is 459 g/mol. The zero-order valence-corrected chi connectivity index (χ0v) is 19.7. The van der Waals surface area contributed by atoms with Crippen molar-refractivity contribution in [1.82, 2.24) is 19.7 Å². The van der Waals surface area contributed by atoms with E-state index < -0.39 is 0 Å². The van der Waals surface area contributed by atoms with E-state index in [9.17, 15) is 4.79 Å². The molecule has 0 saturated heterocycles. The van der Waals surface area contributed by atoms with Crippen molar-refractivity contribution in [2.75, 3.05) is 20.3 Å². The molecule has 176 valence electrons. The van der Waals surface area contributed by atoms with Crippen LogP contribution >= 0.6 is 0 Å². The minimum absolute atomic E-state index is 0.337. The van der Waals surface area contributed by atoms with Crippen LogP contribution < -0.4 is 4.74 Å². The van der Waals surface area contributed by atoms with Crippen molar-refractivity contribution in [1.29, 1.82) is 0 Å². The lowest BCUT2D eigenvalue weighted by atomic mass is 10.0. The Morgan fingerprint density at radius 3 is 2.76 bits per heavy atom. The van der Waals surface area contributed by atoms with Gasteiger partial charge in [-0.2, -0.15) is 5.10 Å². The van der Waals surface area contributed by atoms with Gasteiger partial charge in [0.1, 0.15) is 5.75 Å². The second-order valence-electron chi connectivity index (χ2n) is 8.64. The highest BCUT2D eigenvalue weighted by Crippen LogP contribution is 2.27. The predicted molar refractivity (Wildman–Crippen MR) is 131 cm³/mol. The minimum Gasteiger partial charge on any atom is -0.497 e. The van der Waals surface area contributed by atoms with Crippen LogP contribution in [0.2, 0.25) is 0 Å². The number of H-pyrrole nitrogens is 1. The third-order valence-electron chi connectivity index (χ3n) is 6.52. The molecule has 0 bridgehead atoms. The summed E-state index contributed by atoms with van der Waals surface area (Å²) in [6.45, 7) is 5.31. The van der Waals surface area contributed by atoms with Gasteiger partial charge in [0, 0.05) is 61.0 Å². The number of ether oxygens (including phenoxy) is 2. The Hall–Kier alpha value is -3.58. The van der Waals surface area contributed by atoms with E-state index in [0.29, 0.717) is 18.8 Å². The van der Waals surface area contributed by atoms with Crippen LogP contribution in [-0.4, -0.2) is 45.9 Å². The largest absolute Gasteiger partial charge is 0.497 e. The number of nitrogens with one attached hydrogen (secondary N) is 1. The summed E-state index contributed by atoms with van der Waals surface area (Å²) in [5.74, 6) is 0.510. The molecule has 1 N–H and O–H groups in total. The Morgan fingerprint density at radius 2 is 1.97 bits per heavy atom. The first-order valence-electron chi connectivity index (χ1n) is 11.8. The minimum atomic E-state index is -0.337. The molecule has 3 heterocycles. The summed E-state index contributed by atoms with van der Waals surface area (Å²) in [4.78, 5) is 18.5. The molecule has 2 aromatic carbocycles. The van der Waals surface area contributed by atoms with E-state index in [1.165, 1.54) is 16.5 Å². The molecular formula is C27H30N4O3. The SMILES string of the molecule is CCOC(=O)c1nn(CCc2ccc(OC)cc2)c2c1CN(Cc1c[nH]c3ccccc13)CC2. The fraction of sp³-hybridized carbons (Fsp3) is 0.333. The van der Waals surface area contributed by atoms with Crippen LogP contribution in [0.4, 0.5) is 0 Å². The van der Waals surface area contributed by atoms with Crippen molar-refractivity contribution < 1.29 is 14.3 Å². The highest BCUT2D eigenvalue weighted by Gasteiger charge is 2.29. The number of aromatic nitrogens is 3. The number of para-hydroxylation sites is 1. The van der Waals surface area contributed by atoms with Crippen LogP contribution in [-0.2, 0) is 37.2 Å². The van der Waals surface area contributed by atoms with Gasteiger partial charge >= 0.3 is 5.97 Å². The standard InChI is InChI=1S/C27H30N4O3/c1-3-34-27(32)26-23-18-30(17-20-16-28-24-7-5-4-6-22(20)24)14-13-25(23)31(29-26)15-12-19-8-10-21(33-2)11-9-19/h4-11,16,28H,3,12-15,17-18H2,1-2H3. The lowest BCUT2D eigenvalue weighted by Crippen LogP contribution is -2.31. The highest BCUT2D eigenvalue weighted by molar-refractivity contribution is 5.89. The fourth-order valence-electron chi connectivity index (χ4n) is 4.76. The number of aromatic amines is 1. The van der Waals surface area contributed by atoms with Crippen molar-refractivity contribution in [3.8, 4) is 5.75 Å². The second-order valence-corrected chi connectivity index (χ2v) is 8.64. The molecule has 1 aliphatic rings. The Labute approximate surface area is 199 Å². The summed E-state index contributed by atoms with van der Waals surface area (Å²) in [6.07, 6.45) is 3.77. The summed E-state index contributed by atoms with van der Waals surface area (Å²) >= 11 is 0. The van der Waals surface area contributed by atoms with Gasteiger partial charge in [-0.05, 0) is 42.7 Å². The van der Waals surface area contributed by atoms with Crippen molar-refractivity contribution >= 4 is 16.9 Å². The van der Waals surface area contributed by atoms with Crippen LogP contribution in [0.5, 0.6) is 5.75 Å². The van der Waals surface area contributed by atoms with Gasteiger partial charge in [-0.15, -0.1) is 0 Å². The molecule has 34 heavy (non-hydrogen) atoms. The molecule has 0 atom stereocenters. The van der Waals surface area contributed by atoms with Gasteiger partial charge in [-0.1, -0.05) is 30.3 Å². The number of hydrogen-bond donors (Lipinski definition) is 1. The smallest absolute Gasteiger partial charge is 0.359 e. The van der Waals surface area contributed by atoms with E-state index in [-0.39, 0.29) is 5.97 Å². The first-order chi connectivity index (χ1) is 16.7. The number of benzene rings is 2. The topological polar surface area (TPSA) is 72.4 Å². The molecule has 0 unspecified atom stereocenters. The Balaban J connectivity index is 1.37. The normalized spacial score (nSPS) is 13.7. The number of hydrogen-bond acceptors (Lipinski definition) is 5. The van der Waals surface area contributed by atoms with Gasteiger partial charge in [0.05, 0.1) is 13.7 Å². The van der Waals surface area contributed by atoms with E-state index >= 15 is 0 Å². The molecule has 2 aromatic heterocycles. The van der Waals surface area contributed by atoms with E-state index in [2.05, 4.69) is 46.4 Å².